The summed E-state index contributed by atoms with van der Waals surface area (Å²) in [4.78, 5) is 0. The summed E-state index contributed by atoms with van der Waals surface area (Å²) in [5.41, 5.74) is 1.71. The van der Waals surface area contributed by atoms with Gasteiger partial charge in [-0.1, -0.05) is 33.6 Å². The summed E-state index contributed by atoms with van der Waals surface area (Å²) >= 11 is 9.42. The van der Waals surface area contributed by atoms with E-state index in [1.807, 2.05) is 6.07 Å². The quantitative estimate of drug-likeness (QED) is 0.737. The normalized spacial score (nSPS) is 10.1. The highest BCUT2D eigenvalue weighted by Crippen LogP contribution is 2.29. The minimum Gasteiger partial charge on any atom is -0.489 e. The summed E-state index contributed by atoms with van der Waals surface area (Å²) in [6.07, 6.45) is 0. The molecule has 0 aliphatic carbocycles. The summed E-state index contributed by atoms with van der Waals surface area (Å²) in [6.45, 7) is 0.173. The van der Waals surface area contributed by atoms with E-state index in [0.717, 1.165) is 5.56 Å². The number of hydrogen-bond donors (Lipinski definition) is 0. The molecule has 0 aliphatic heterocycles. The Bertz CT molecular complexity index is 669. The highest BCUT2D eigenvalue weighted by Gasteiger charge is 2.08. The molecular formula is C15H10BrClFNO. The summed E-state index contributed by atoms with van der Waals surface area (Å²) in [7, 11) is 0. The maximum absolute atomic E-state index is 13.3. The van der Waals surface area contributed by atoms with Crippen molar-refractivity contribution in [3.63, 3.8) is 0 Å². The van der Waals surface area contributed by atoms with Crippen LogP contribution in [0.25, 0.3) is 0 Å². The van der Waals surface area contributed by atoms with Gasteiger partial charge in [0.05, 0.1) is 11.6 Å². The molecule has 5 heteroatoms. The molecule has 0 saturated carbocycles. The lowest BCUT2D eigenvalue weighted by molar-refractivity contribution is 0.303. The lowest BCUT2D eigenvalue weighted by atomic mass is 10.1. The van der Waals surface area contributed by atoms with Crippen LogP contribution in [0.2, 0.25) is 5.02 Å². The average Bonchev–Trinajstić information content (AvgIpc) is 2.44. The van der Waals surface area contributed by atoms with Gasteiger partial charge in [-0.2, -0.15) is 5.26 Å². The van der Waals surface area contributed by atoms with Crippen LogP contribution in [0, 0.1) is 17.1 Å². The van der Waals surface area contributed by atoms with E-state index < -0.39 is 5.82 Å². The van der Waals surface area contributed by atoms with Gasteiger partial charge in [-0.15, -0.1) is 0 Å². The number of nitriles is 1. The second kappa shape index (κ2) is 6.74. The Hall–Kier alpha value is -1.57. The lowest BCUT2D eigenvalue weighted by Crippen LogP contribution is -1.99. The monoisotopic (exact) mass is 353 g/mol. The van der Waals surface area contributed by atoms with Gasteiger partial charge in [0.1, 0.15) is 18.2 Å². The Labute approximate surface area is 129 Å². The highest BCUT2D eigenvalue weighted by atomic mass is 79.9. The Morgan fingerprint density at radius 1 is 1.30 bits per heavy atom. The first-order valence-electron chi connectivity index (χ1n) is 5.79. The van der Waals surface area contributed by atoms with Crippen LogP contribution in [0.15, 0.2) is 36.4 Å². The van der Waals surface area contributed by atoms with Crippen LogP contribution in [0.3, 0.4) is 0 Å². The van der Waals surface area contributed by atoms with Gasteiger partial charge in [-0.3, -0.25) is 0 Å². The maximum atomic E-state index is 13.3. The first-order chi connectivity index (χ1) is 9.63. The van der Waals surface area contributed by atoms with Gasteiger partial charge in [0.2, 0.25) is 0 Å². The number of alkyl halides is 1. The SMILES string of the molecule is N#Cc1cc(F)cc(COc2cccc(Cl)c2CBr)c1. The largest absolute Gasteiger partial charge is 0.489 e. The van der Waals surface area contributed by atoms with E-state index in [1.54, 1.807) is 24.3 Å². The van der Waals surface area contributed by atoms with E-state index in [2.05, 4.69) is 15.9 Å². The molecule has 0 bridgehead atoms. The summed E-state index contributed by atoms with van der Waals surface area (Å²) in [6, 6.07) is 11.4. The summed E-state index contributed by atoms with van der Waals surface area (Å²) in [5.74, 6) is 0.187. The Morgan fingerprint density at radius 3 is 2.80 bits per heavy atom. The van der Waals surface area contributed by atoms with Crippen LogP contribution in [0.1, 0.15) is 16.7 Å². The zero-order valence-electron chi connectivity index (χ0n) is 10.4. The molecule has 0 aromatic heterocycles. The van der Waals surface area contributed by atoms with Crippen LogP contribution in [-0.2, 0) is 11.9 Å². The Morgan fingerprint density at radius 2 is 2.10 bits per heavy atom. The van der Waals surface area contributed by atoms with Gasteiger partial charge in [-0.05, 0) is 35.9 Å². The minimum atomic E-state index is -0.450. The molecule has 20 heavy (non-hydrogen) atoms. The lowest BCUT2D eigenvalue weighted by Gasteiger charge is -2.11. The fraction of sp³-hybridized carbons (Fsp3) is 0.133. The van der Waals surface area contributed by atoms with Crippen molar-refractivity contribution in [2.45, 2.75) is 11.9 Å². The van der Waals surface area contributed by atoms with Gasteiger partial charge in [0.15, 0.2) is 0 Å². The van der Waals surface area contributed by atoms with Crippen molar-refractivity contribution in [1.29, 1.82) is 5.26 Å². The number of rotatable bonds is 4. The third-order valence-corrected chi connectivity index (χ3v) is 3.61. The van der Waals surface area contributed by atoms with E-state index in [9.17, 15) is 4.39 Å². The predicted molar refractivity (Wildman–Crippen MR) is 79.5 cm³/mol. The second-order valence-corrected chi connectivity index (χ2v) is 5.07. The summed E-state index contributed by atoms with van der Waals surface area (Å²) < 4.78 is 19.0. The van der Waals surface area contributed by atoms with Crippen LogP contribution in [0.4, 0.5) is 4.39 Å². The molecule has 0 aliphatic rings. The molecule has 0 heterocycles. The molecule has 2 nitrogen and oxygen atoms in total. The average molecular weight is 355 g/mol. The van der Waals surface area contributed by atoms with Crippen molar-refractivity contribution in [3.05, 3.63) is 63.9 Å². The number of hydrogen-bond acceptors (Lipinski definition) is 2. The van der Waals surface area contributed by atoms with E-state index in [1.165, 1.54) is 12.1 Å². The number of halogens is 3. The second-order valence-electron chi connectivity index (χ2n) is 4.10. The smallest absolute Gasteiger partial charge is 0.125 e. The van der Waals surface area contributed by atoms with Crippen LogP contribution in [-0.4, -0.2) is 0 Å². The van der Waals surface area contributed by atoms with Crippen molar-refractivity contribution in [2.24, 2.45) is 0 Å². The standard InChI is InChI=1S/C15H10BrClFNO/c16-7-13-14(17)2-1-3-15(13)20-9-11-4-10(8-19)5-12(18)6-11/h1-6H,7,9H2. The molecule has 102 valence electrons. The predicted octanol–water partition coefficient (Wildman–Crippen LogP) is 4.82. The fourth-order valence-electron chi connectivity index (χ4n) is 1.76. The van der Waals surface area contributed by atoms with E-state index >= 15 is 0 Å². The molecule has 0 amide bonds. The molecule has 0 N–H and O–H groups in total. The Balaban J connectivity index is 2.19. The van der Waals surface area contributed by atoms with Crippen molar-refractivity contribution in [3.8, 4) is 11.8 Å². The number of nitrogens with zero attached hydrogens (tertiary/aromatic N) is 1. The first kappa shape index (κ1) is 14.8. The molecule has 0 saturated heterocycles. The van der Waals surface area contributed by atoms with Crippen molar-refractivity contribution in [2.75, 3.05) is 0 Å². The molecule has 2 aromatic carbocycles. The van der Waals surface area contributed by atoms with Gasteiger partial charge < -0.3 is 4.74 Å². The topological polar surface area (TPSA) is 33.0 Å². The van der Waals surface area contributed by atoms with Gasteiger partial charge in [0.25, 0.3) is 0 Å². The summed E-state index contributed by atoms with van der Waals surface area (Å²) in [5, 5.41) is 9.98. The molecule has 0 fully saturated rings. The van der Waals surface area contributed by atoms with Crippen LogP contribution < -0.4 is 4.74 Å². The van der Waals surface area contributed by atoms with Gasteiger partial charge >= 0.3 is 0 Å². The fourth-order valence-corrected chi connectivity index (χ4v) is 2.74. The van der Waals surface area contributed by atoms with Crippen molar-refractivity contribution < 1.29 is 9.13 Å². The van der Waals surface area contributed by atoms with E-state index in [-0.39, 0.29) is 12.2 Å². The maximum Gasteiger partial charge on any atom is 0.125 e. The Kier molecular flexibility index (Phi) is 4.99. The minimum absolute atomic E-state index is 0.173. The molecule has 2 aromatic rings. The molecule has 2 rings (SSSR count). The molecule has 0 atom stereocenters. The van der Waals surface area contributed by atoms with Gasteiger partial charge in [-0.25, -0.2) is 4.39 Å². The number of benzene rings is 2. The highest BCUT2D eigenvalue weighted by molar-refractivity contribution is 9.08. The van der Waals surface area contributed by atoms with Crippen LogP contribution in [0.5, 0.6) is 5.75 Å². The van der Waals surface area contributed by atoms with Gasteiger partial charge in [0, 0.05) is 15.9 Å². The van der Waals surface area contributed by atoms with E-state index in [4.69, 9.17) is 21.6 Å². The molecular weight excluding hydrogens is 345 g/mol. The molecule has 0 radical (unpaired) electrons. The zero-order chi connectivity index (χ0) is 14.5. The van der Waals surface area contributed by atoms with E-state index in [0.29, 0.717) is 21.7 Å². The van der Waals surface area contributed by atoms with Crippen molar-refractivity contribution >= 4 is 27.5 Å². The van der Waals surface area contributed by atoms with Crippen LogP contribution >= 0.6 is 27.5 Å². The van der Waals surface area contributed by atoms with Crippen molar-refractivity contribution in [1.82, 2.24) is 0 Å². The molecule has 0 spiro atoms. The number of ether oxygens (including phenoxy) is 1. The molecule has 0 unspecified atom stereocenters. The third kappa shape index (κ3) is 3.50. The third-order valence-electron chi connectivity index (χ3n) is 2.69. The zero-order valence-corrected chi connectivity index (χ0v) is 12.7. The first-order valence-corrected chi connectivity index (χ1v) is 7.29.